The van der Waals surface area contributed by atoms with Gasteiger partial charge in [-0.15, -0.1) is 0 Å². The first-order valence-electron chi connectivity index (χ1n) is 5.18. The average Bonchev–Trinajstić information content (AvgIpc) is 2.28. The van der Waals surface area contributed by atoms with Crippen molar-refractivity contribution in [1.82, 2.24) is 0 Å². The van der Waals surface area contributed by atoms with Gasteiger partial charge < -0.3 is 4.74 Å². The van der Waals surface area contributed by atoms with E-state index < -0.39 is 5.60 Å². The molecule has 0 amide bonds. The first-order valence-corrected chi connectivity index (χ1v) is 5.18. The molecule has 14 heavy (non-hydrogen) atoms. The maximum Gasteiger partial charge on any atom is 0.179 e. The maximum atomic E-state index is 9.24. The lowest BCUT2D eigenvalue weighted by molar-refractivity contribution is 0.0665. The summed E-state index contributed by atoms with van der Waals surface area (Å²) in [5.41, 5.74) is 1.92. The fourth-order valence-electron chi connectivity index (χ4n) is 2.43. The summed E-state index contributed by atoms with van der Waals surface area (Å²) >= 11 is 0. The molecule has 0 aromatic rings. The van der Waals surface area contributed by atoms with Gasteiger partial charge in [-0.3, -0.25) is 0 Å². The lowest BCUT2D eigenvalue weighted by Crippen LogP contribution is -2.35. The molecule has 2 rings (SSSR count). The molecule has 0 saturated heterocycles. The summed E-state index contributed by atoms with van der Waals surface area (Å²) in [6.45, 7) is 0. The second-order valence-corrected chi connectivity index (χ2v) is 3.96. The Morgan fingerprint density at radius 3 is 2.93 bits per heavy atom. The molecule has 0 fully saturated rings. The number of hydrogen-bond donors (Lipinski definition) is 0. The van der Waals surface area contributed by atoms with E-state index in [1.54, 1.807) is 7.11 Å². The van der Waals surface area contributed by atoms with Gasteiger partial charge in [-0.2, -0.15) is 5.26 Å². The quantitative estimate of drug-likeness (QED) is 0.635. The van der Waals surface area contributed by atoms with Gasteiger partial charge in [0.05, 0.1) is 0 Å². The molecule has 0 spiro atoms. The molecule has 2 nitrogen and oxygen atoms in total. The molecule has 2 aliphatic rings. The van der Waals surface area contributed by atoms with E-state index in [0.717, 1.165) is 12.8 Å². The highest BCUT2D eigenvalue weighted by atomic mass is 16.5. The zero-order valence-corrected chi connectivity index (χ0v) is 8.55. The van der Waals surface area contributed by atoms with E-state index >= 15 is 0 Å². The highest BCUT2D eigenvalue weighted by Gasteiger charge is 2.37. The SMILES string of the molecule is COC1(C#N)CC=CC2=C1CCCC2. The summed E-state index contributed by atoms with van der Waals surface area (Å²) in [4.78, 5) is 0. The van der Waals surface area contributed by atoms with Gasteiger partial charge in [0, 0.05) is 13.5 Å². The topological polar surface area (TPSA) is 33.0 Å². The van der Waals surface area contributed by atoms with Crippen molar-refractivity contribution >= 4 is 0 Å². The number of allylic oxidation sites excluding steroid dienone is 2. The smallest absolute Gasteiger partial charge is 0.179 e. The number of nitriles is 1. The van der Waals surface area contributed by atoms with Gasteiger partial charge in [0.1, 0.15) is 6.07 Å². The molecule has 0 aromatic carbocycles. The van der Waals surface area contributed by atoms with Crippen LogP contribution in [0.3, 0.4) is 0 Å². The molecule has 1 unspecified atom stereocenters. The van der Waals surface area contributed by atoms with Crippen molar-refractivity contribution < 1.29 is 4.74 Å². The predicted molar refractivity (Wildman–Crippen MR) is 54.6 cm³/mol. The van der Waals surface area contributed by atoms with E-state index in [9.17, 15) is 5.26 Å². The molecular formula is C12H15NO. The summed E-state index contributed by atoms with van der Waals surface area (Å²) in [6.07, 6.45) is 9.52. The fraction of sp³-hybridized carbons (Fsp3) is 0.583. The van der Waals surface area contributed by atoms with Crippen molar-refractivity contribution in [3.63, 3.8) is 0 Å². The highest BCUT2D eigenvalue weighted by molar-refractivity contribution is 5.42. The van der Waals surface area contributed by atoms with Gasteiger partial charge >= 0.3 is 0 Å². The number of hydrogen-bond acceptors (Lipinski definition) is 2. The minimum atomic E-state index is -0.648. The van der Waals surface area contributed by atoms with E-state index in [-0.39, 0.29) is 0 Å². The van der Waals surface area contributed by atoms with Crippen molar-refractivity contribution in [2.45, 2.75) is 37.7 Å². The Hall–Kier alpha value is -1.07. The Labute approximate surface area is 84.9 Å². The second kappa shape index (κ2) is 3.59. The van der Waals surface area contributed by atoms with Crippen LogP contribution in [0.5, 0.6) is 0 Å². The Morgan fingerprint density at radius 2 is 2.21 bits per heavy atom. The molecule has 0 saturated carbocycles. The van der Waals surface area contributed by atoms with Crippen molar-refractivity contribution in [1.29, 1.82) is 5.26 Å². The molecule has 74 valence electrons. The van der Waals surface area contributed by atoms with E-state index in [2.05, 4.69) is 18.2 Å². The van der Waals surface area contributed by atoms with Crippen molar-refractivity contribution in [3.8, 4) is 6.07 Å². The van der Waals surface area contributed by atoms with Gasteiger partial charge in [-0.05, 0) is 36.8 Å². The molecule has 0 radical (unpaired) electrons. The molecule has 0 aliphatic heterocycles. The van der Waals surface area contributed by atoms with Gasteiger partial charge in [-0.1, -0.05) is 12.2 Å². The van der Waals surface area contributed by atoms with Crippen LogP contribution in [0.2, 0.25) is 0 Å². The van der Waals surface area contributed by atoms with E-state index in [1.165, 1.54) is 24.0 Å². The number of ether oxygens (including phenoxy) is 1. The van der Waals surface area contributed by atoms with Gasteiger partial charge in [0.15, 0.2) is 5.60 Å². The Balaban J connectivity index is 2.42. The zero-order chi connectivity index (χ0) is 10.0. The number of methoxy groups -OCH3 is 1. The lowest BCUT2D eigenvalue weighted by atomic mass is 9.76. The van der Waals surface area contributed by atoms with Gasteiger partial charge in [0.2, 0.25) is 0 Å². The molecular weight excluding hydrogens is 174 g/mol. The summed E-state index contributed by atoms with van der Waals surface area (Å²) in [5.74, 6) is 0. The van der Waals surface area contributed by atoms with Crippen molar-refractivity contribution in [3.05, 3.63) is 23.3 Å². The third kappa shape index (κ3) is 1.29. The van der Waals surface area contributed by atoms with Crippen LogP contribution in [0.15, 0.2) is 23.3 Å². The highest BCUT2D eigenvalue weighted by Crippen LogP contribution is 2.39. The van der Waals surface area contributed by atoms with Gasteiger partial charge in [0.25, 0.3) is 0 Å². The van der Waals surface area contributed by atoms with E-state index in [4.69, 9.17) is 4.74 Å². The second-order valence-electron chi connectivity index (χ2n) is 3.96. The summed E-state index contributed by atoms with van der Waals surface area (Å²) in [6, 6.07) is 2.33. The Kier molecular flexibility index (Phi) is 2.43. The van der Waals surface area contributed by atoms with Crippen LogP contribution < -0.4 is 0 Å². The minimum Gasteiger partial charge on any atom is -0.359 e. The summed E-state index contributed by atoms with van der Waals surface area (Å²) < 4.78 is 5.43. The molecule has 1 atom stereocenters. The third-order valence-corrected chi connectivity index (χ3v) is 3.25. The number of nitrogens with zero attached hydrogens (tertiary/aromatic N) is 1. The normalized spacial score (nSPS) is 31.1. The standard InChI is InChI=1S/C12H15NO/c1-14-12(9-13)8-4-6-10-5-2-3-7-11(10)12/h4,6H,2-3,5,7-8H2,1H3. The van der Waals surface area contributed by atoms with Crippen LogP contribution in [0.1, 0.15) is 32.1 Å². The van der Waals surface area contributed by atoms with Gasteiger partial charge in [-0.25, -0.2) is 0 Å². The lowest BCUT2D eigenvalue weighted by Gasteiger charge is -2.34. The van der Waals surface area contributed by atoms with Crippen LogP contribution >= 0.6 is 0 Å². The fourth-order valence-corrected chi connectivity index (χ4v) is 2.43. The van der Waals surface area contributed by atoms with Crippen LogP contribution in [0, 0.1) is 11.3 Å². The van der Waals surface area contributed by atoms with E-state index in [1.807, 2.05) is 0 Å². The molecule has 0 bridgehead atoms. The van der Waals surface area contributed by atoms with Crippen molar-refractivity contribution in [2.24, 2.45) is 0 Å². The zero-order valence-electron chi connectivity index (χ0n) is 8.55. The van der Waals surface area contributed by atoms with Crippen LogP contribution in [-0.4, -0.2) is 12.7 Å². The third-order valence-electron chi connectivity index (χ3n) is 3.25. The van der Waals surface area contributed by atoms with Crippen molar-refractivity contribution in [2.75, 3.05) is 7.11 Å². The molecule has 2 aliphatic carbocycles. The van der Waals surface area contributed by atoms with Crippen LogP contribution in [0.25, 0.3) is 0 Å². The van der Waals surface area contributed by atoms with E-state index in [0.29, 0.717) is 6.42 Å². The minimum absolute atomic E-state index is 0.648. The first kappa shape index (κ1) is 9.48. The average molecular weight is 189 g/mol. The Bertz CT molecular complexity index is 335. The predicted octanol–water partition coefficient (Wildman–Crippen LogP) is 2.73. The summed E-state index contributed by atoms with van der Waals surface area (Å²) in [7, 11) is 1.64. The monoisotopic (exact) mass is 189 g/mol. The molecule has 0 N–H and O–H groups in total. The Morgan fingerprint density at radius 1 is 1.43 bits per heavy atom. The molecule has 0 heterocycles. The van der Waals surface area contributed by atoms with Crippen LogP contribution in [0.4, 0.5) is 0 Å². The molecule has 0 aromatic heterocycles. The largest absolute Gasteiger partial charge is 0.359 e. The van der Waals surface area contributed by atoms with Crippen LogP contribution in [-0.2, 0) is 4.74 Å². The maximum absolute atomic E-state index is 9.24. The number of rotatable bonds is 1. The summed E-state index contributed by atoms with van der Waals surface area (Å²) in [5, 5.41) is 9.24. The molecule has 2 heteroatoms. The first-order chi connectivity index (χ1) is 6.82.